The monoisotopic (exact) mass is 203 g/mol. The van der Waals surface area contributed by atoms with Gasteiger partial charge in [0.2, 0.25) is 5.91 Å². The SMILES string of the molecule is C=C1CC(=O)N(c2ccccc2O)C1=O. The maximum Gasteiger partial charge on any atom is 0.261 e. The fourth-order valence-electron chi connectivity index (χ4n) is 1.51. The van der Waals surface area contributed by atoms with Gasteiger partial charge in [-0.05, 0) is 12.1 Å². The summed E-state index contributed by atoms with van der Waals surface area (Å²) in [5.41, 5.74) is 0.467. The predicted octanol–water partition coefficient (Wildman–Crippen LogP) is 1.21. The standard InChI is InChI=1S/C11H9NO3/c1-7-6-10(14)12(11(7)15)8-4-2-3-5-9(8)13/h2-5,13H,1,6H2. The molecular weight excluding hydrogens is 194 g/mol. The van der Waals surface area contributed by atoms with Gasteiger partial charge in [0.05, 0.1) is 12.1 Å². The van der Waals surface area contributed by atoms with E-state index >= 15 is 0 Å². The highest BCUT2D eigenvalue weighted by atomic mass is 16.3. The van der Waals surface area contributed by atoms with Crippen molar-refractivity contribution in [3.63, 3.8) is 0 Å². The summed E-state index contributed by atoms with van der Waals surface area (Å²) in [7, 11) is 0. The molecule has 1 N–H and O–H groups in total. The fourth-order valence-corrected chi connectivity index (χ4v) is 1.51. The molecule has 0 bridgehead atoms. The van der Waals surface area contributed by atoms with Crippen molar-refractivity contribution in [1.29, 1.82) is 0 Å². The van der Waals surface area contributed by atoms with E-state index in [1.54, 1.807) is 12.1 Å². The van der Waals surface area contributed by atoms with E-state index in [1.165, 1.54) is 12.1 Å². The summed E-state index contributed by atoms with van der Waals surface area (Å²) in [4.78, 5) is 24.0. The number of benzene rings is 1. The molecule has 0 unspecified atom stereocenters. The molecule has 0 aromatic heterocycles. The zero-order valence-electron chi connectivity index (χ0n) is 7.93. The third-order valence-electron chi connectivity index (χ3n) is 2.24. The number of nitrogens with zero attached hydrogens (tertiary/aromatic N) is 1. The lowest BCUT2D eigenvalue weighted by Crippen LogP contribution is -2.28. The highest BCUT2D eigenvalue weighted by molar-refractivity contribution is 6.28. The Hall–Kier alpha value is -2.10. The summed E-state index contributed by atoms with van der Waals surface area (Å²) in [5.74, 6) is -0.887. The average molecular weight is 203 g/mol. The van der Waals surface area contributed by atoms with E-state index in [1.807, 2.05) is 0 Å². The quantitative estimate of drug-likeness (QED) is 0.551. The number of hydrogen-bond donors (Lipinski definition) is 1. The molecule has 1 aromatic rings. The van der Waals surface area contributed by atoms with E-state index < -0.39 is 5.91 Å². The molecule has 0 atom stereocenters. The smallest absolute Gasteiger partial charge is 0.261 e. The van der Waals surface area contributed by atoms with Crippen molar-refractivity contribution in [3.05, 3.63) is 36.4 Å². The van der Waals surface area contributed by atoms with Crippen LogP contribution in [0.5, 0.6) is 5.75 Å². The molecule has 1 saturated heterocycles. The van der Waals surface area contributed by atoms with Gasteiger partial charge in [0.15, 0.2) is 0 Å². The van der Waals surface area contributed by atoms with Gasteiger partial charge in [-0.15, -0.1) is 0 Å². The van der Waals surface area contributed by atoms with E-state index in [0.29, 0.717) is 0 Å². The number of carbonyl (C=O) groups excluding carboxylic acids is 2. The van der Waals surface area contributed by atoms with Crippen molar-refractivity contribution in [1.82, 2.24) is 0 Å². The topological polar surface area (TPSA) is 57.6 Å². The van der Waals surface area contributed by atoms with Crippen molar-refractivity contribution in [2.45, 2.75) is 6.42 Å². The molecule has 4 heteroatoms. The van der Waals surface area contributed by atoms with Crippen LogP contribution in [0.1, 0.15) is 6.42 Å². The van der Waals surface area contributed by atoms with Gasteiger partial charge in [0.1, 0.15) is 5.75 Å². The highest BCUT2D eigenvalue weighted by Gasteiger charge is 2.34. The molecule has 1 fully saturated rings. The van der Waals surface area contributed by atoms with E-state index in [2.05, 4.69) is 6.58 Å². The molecule has 0 aliphatic carbocycles. The lowest BCUT2D eigenvalue weighted by atomic mass is 10.2. The van der Waals surface area contributed by atoms with Gasteiger partial charge >= 0.3 is 0 Å². The van der Waals surface area contributed by atoms with Crippen LogP contribution in [-0.4, -0.2) is 16.9 Å². The first-order chi connectivity index (χ1) is 7.11. The molecule has 1 heterocycles. The van der Waals surface area contributed by atoms with Gasteiger partial charge in [-0.25, -0.2) is 4.90 Å². The molecule has 2 amide bonds. The van der Waals surface area contributed by atoms with Crippen LogP contribution < -0.4 is 4.90 Å². The van der Waals surface area contributed by atoms with Crippen molar-refractivity contribution < 1.29 is 14.7 Å². The Labute approximate surface area is 86.4 Å². The van der Waals surface area contributed by atoms with Crippen molar-refractivity contribution in [3.8, 4) is 5.75 Å². The minimum Gasteiger partial charge on any atom is -0.506 e. The number of phenolic OH excluding ortho intramolecular Hbond substituents is 1. The summed E-state index contributed by atoms with van der Waals surface area (Å²) >= 11 is 0. The van der Waals surface area contributed by atoms with E-state index in [4.69, 9.17) is 0 Å². The van der Waals surface area contributed by atoms with Gasteiger partial charge in [-0.1, -0.05) is 18.7 Å². The molecule has 1 aromatic carbocycles. The second-order valence-corrected chi connectivity index (χ2v) is 3.30. The van der Waals surface area contributed by atoms with E-state index in [9.17, 15) is 14.7 Å². The van der Waals surface area contributed by atoms with E-state index in [-0.39, 0.29) is 29.3 Å². The third-order valence-corrected chi connectivity index (χ3v) is 2.24. The van der Waals surface area contributed by atoms with Gasteiger partial charge in [0.25, 0.3) is 5.91 Å². The predicted molar refractivity (Wildman–Crippen MR) is 54.4 cm³/mol. The van der Waals surface area contributed by atoms with Crippen LogP contribution in [0, 0.1) is 0 Å². The van der Waals surface area contributed by atoms with Crippen LogP contribution in [0.3, 0.4) is 0 Å². The zero-order chi connectivity index (χ0) is 11.0. The molecular formula is C11H9NO3. The summed E-state index contributed by atoms with van der Waals surface area (Å²) in [6.45, 7) is 3.50. The summed E-state index contributed by atoms with van der Waals surface area (Å²) in [6.07, 6.45) is 0.0210. The number of hydrogen-bond acceptors (Lipinski definition) is 3. The summed E-state index contributed by atoms with van der Waals surface area (Å²) in [5, 5.41) is 9.52. The number of imide groups is 1. The Balaban J connectivity index is 2.48. The third kappa shape index (κ3) is 1.40. The lowest BCUT2D eigenvalue weighted by Gasteiger charge is -2.14. The Morgan fingerprint density at radius 3 is 2.47 bits per heavy atom. The number of carbonyl (C=O) groups is 2. The number of amides is 2. The van der Waals surface area contributed by atoms with Crippen LogP contribution >= 0.6 is 0 Å². The fraction of sp³-hybridized carbons (Fsp3) is 0.0909. The molecule has 1 aliphatic rings. The molecule has 15 heavy (non-hydrogen) atoms. The first-order valence-electron chi connectivity index (χ1n) is 4.44. The van der Waals surface area contributed by atoms with Gasteiger partial charge in [-0.2, -0.15) is 0 Å². The van der Waals surface area contributed by atoms with Gasteiger partial charge in [-0.3, -0.25) is 9.59 Å². The lowest BCUT2D eigenvalue weighted by molar-refractivity contribution is -0.120. The number of rotatable bonds is 1. The molecule has 4 nitrogen and oxygen atoms in total. The zero-order valence-corrected chi connectivity index (χ0v) is 7.93. The Bertz CT molecular complexity index is 465. The molecule has 76 valence electrons. The number of para-hydroxylation sites is 2. The first-order valence-corrected chi connectivity index (χ1v) is 4.44. The Morgan fingerprint density at radius 2 is 1.93 bits per heavy atom. The Morgan fingerprint density at radius 1 is 1.27 bits per heavy atom. The molecule has 0 radical (unpaired) electrons. The summed E-state index contributed by atoms with van der Waals surface area (Å²) < 4.78 is 0. The normalized spacial score (nSPS) is 16.3. The average Bonchev–Trinajstić information content (AvgIpc) is 2.43. The maximum atomic E-state index is 11.6. The second kappa shape index (κ2) is 3.24. The first kappa shape index (κ1) is 9.45. The van der Waals surface area contributed by atoms with Crippen LogP contribution in [0.2, 0.25) is 0 Å². The van der Waals surface area contributed by atoms with Gasteiger partial charge < -0.3 is 5.11 Å². The molecule has 2 rings (SSSR count). The van der Waals surface area contributed by atoms with E-state index in [0.717, 1.165) is 4.90 Å². The van der Waals surface area contributed by atoms with Crippen LogP contribution in [-0.2, 0) is 9.59 Å². The number of aromatic hydroxyl groups is 1. The number of phenols is 1. The minimum atomic E-state index is -0.443. The van der Waals surface area contributed by atoms with Crippen molar-refractivity contribution in [2.75, 3.05) is 4.90 Å². The number of anilines is 1. The van der Waals surface area contributed by atoms with Crippen LogP contribution in [0.25, 0.3) is 0 Å². The summed E-state index contributed by atoms with van der Waals surface area (Å²) in [6, 6.07) is 6.22. The molecule has 0 spiro atoms. The van der Waals surface area contributed by atoms with Gasteiger partial charge in [0, 0.05) is 5.57 Å². The molecule has 0 saturated carbocycles. The van der Waals surface area contributed by atoms with Crippen LogP contribution in [0.4, 0.5) is 5.69 Å². The van der Waals surface area contributed by atoms with Crippen molar-refractivity contribution in [2.24, 2.45) is 0 Å². The minimum absolute atomic E-state index is 0.0210. The second-order valence-electron chi connectivity index (χ2n) is 3.30. The van der Waals surface area contributed by atoms with Crippen LogP contribution in [0.15, 0.2) is 36.4 Å². The van der Waals surface area contributed by atoms with Crippen molar-refractivity contribution >= 4 is 17.5 Å². The molecule has 1 aliphatic heterocycles. The largest absolute Gasteiger partial charge is 0.506 e. The maximum absolute atomic E-state index is 11.6. The highest BCUT2D eigenvalue weighted by Crippen LogP contribution is 2.31. The Kier molecular flexibility index (Phi) is 2.04.